The van der Waals surface area contributed by atoms with Gasteiger partial charge in [0, 0.05) is 4.90 Å². The van der Waals surface area contributed by atoms with Gasteiger partial charge in [0.15, 0.2) is 0 Å². The Morgan fingerprint density at radius 3 is 2.36 bits per heavy atom. The van der Waals surface area contributed by atoms with Gasteiger partial charge < -0.3 is 0 Å². The number of benzene rings is 2. The van der Waals surface area contributed by atoms with E-state index in [0.29, 0.717) is 5.69 Å². The average Bonchev–Trinajstić information content (AvgIpc) is 2.27. The molecule has 2 aromatic carbocycles. The first-order chi connectivity index (χ1) is 6.85. The van der Waals surface area contributed by atoms with Gasteiger partial charge in [-0.2, -0.15) is 0 Å². The van der Waals surface area contributed by atoms with Crippen molar-refractivity contribution >= 4 is 28.2 Å². The summed E-state index contributed by atoms with van der Waals surface area (Å²) in [5.41, 5.74) is 0.524. The van der Waals surface area contributed by atoms with Crippen molar-refractivity contribution in [2.24, 2.45) is 5.18 Å². The first-order valence-corrected chi connectivity index (χ1v) is 5.48. The molecule has 2 nitrogen and oxygen atoms in total. The van der Waals surface area contributed by atoms with Crippen molar-refractivity contribution in [1.82, 2.24) is 0 Å². The number of thioether (sulfide) groups is 1. The lowest BCUT2D eigenvalue weighted by Crippen LogP contribution is -1.75. The van der Waals surface area contributed by atoms with Crippen LogP contribution in [-0.2, 0) is 0 Å². The second kappa shape index (κ2) is 3.80. The molecule has 0 N–H and O–H groups in total. The zero-order valence-corrected chi connectivity index (χ0v) is 8.54. The molecule has 0 radical (unpaired) electrons. The van der Waals surface area contributed by atoms with Gasteiger partial charge in [-0.1, -0.05) is 24.3 Å². The van der Waals surface area contributed by atoms with E-state index in [0.717, 1.165) is 15.7 Å². The minimum atomic E-state index is 0.524. The predicted molar refractivity (Wildman–Crippen MR) is 61.2 cm³/mol. The van der Waals surface area contributed by atoms with Gasteiger partial charge in [0.05, 0.1) is 0 Å². The van der Waals surface area contributed by atoms with Gasteiger partial charge in [-0.15, -0.1) is 16.7 Å². The highest BCUT2D eigenvalue weighted by Crippen LogP contribution is 2.32. The molecule has 0 aliphatic carbocycles. The predicted octanol–water partition coefficient (Wildman–Crippen LogP) is 3.96. The Morgan fingerprint density at radius 1 is 1.14 bits per heavy atom. The van der Waals surface area contributed by atoms with E-state index >= 15 is 0 Å². The molecule has 0 saturated carbocycles. The van der Waals surface area contributed by atoms with E-state index in [-0.39, 0.29) is 0 Å². The number of rotatable bonds is 2. The maximum atomic E-state index is 10.6. The van der Waals surface area contributed by atoms with Crippen molar-refractivity contribution in [2.45, 2.75) is 4.90 Å². The van der Waals surface area contributed by atoms with Crippen molar-refractivity contribution in [3.8, 4) is 0 Å². The van der Waals surface area contributed by atoms with E-state index in [1.165, 1.54) is 0 Å². The topological polar surface area (TPSA) is 29.4 Å². The fraction of sp³-hybridized carbons (Fsp3) is 0.0909. The van der Waals surface area contributed by atoms with Crippen LogP contribution in [0, 0.1) is 4.91 Å². The summed E-state index contributed by atoms with van der Waals surface area (Å²) in [6, 6.07) is 11.8. The zero-order chi connectivity index (χ0) is 9.97. The largest absolute Gasteiger partial charge is 0.145 e. The number of hydrogen-bond donors (Lipinski definition) is 0. The number of nitroso groups, excluding NO2 is 1. The van der Waals surface area contributed by atoms with Crippen LogP contribution in [0.2, 0.25) is 0 Å². The first-order valence-electron chi connectivity index (χ1n) is 4.25. The molecule has 70 valence electrons. The second-order valence-electron chi connectivity index (χ2n) is 2.96. The normalized spacial score (nSPS) is 10.4. The fourth-order valence-electron chi connectivity index (χ4n) is 1.44. The zero-order valence-electron chi connectivity index (χ0n) is 7.73. The van der Waals surface area contributed by atoms with Gasteiger partial charge in [0.25, 0.3) is 0 Å². The summed E-state index contributed by atoms with van der Waals surface area (Å²) < 4.78 is 0. The Morgan fingerprint density at radius 2 is 1.79 bits per heavy atom. The minimum Gasteiger partial charge on any atom is -0.145 e. The Hall–Kier alpha value is -1.35. The van der Waals surface area contributed by atoms with Crippen LogP contribution in [0.5, 0.6) is 0 Å². The van der Waals surface area contributed by atoms with Crippen LogP contribution >= 0.6 is 11.8 Å². The highest BCUT2D eigenvalue weighted by molar-refractivity contribution is 7.98. The van der Waals surface area contributed by atoms with Gasteiger partial charge >= 0.3 is 0 Å². The standard InChI is InChI=1S/C11H9NOS/c1-14-11-7-9-5-3-2-4-8(9)6-10(11)12-13/h2-7H,1H3. The molecule has 14 heavy (non-hydrogen) atoms. The summed E-state index contributed by atoms with van der Waals surface area (Å²) in [5, 5.41) is 5.22. The molecule has 0 bridgehead atoms. The lowest BCUT2D eigenvalue weighted by molar-refractivity contribution is 1.39. The molecule has 2 rings (SSSR count). The molecular weight excluding hydrogens is 194 g/mol. The van der Waals surface area contributed by atoms with Crippen LogP contribution in [0.15, 0.2) is 46.5 Å². The Balaban J connectivity index is 2.75. The monoisotopic (exact) mass is 203 g/mol. The summed E-state index contributed by atoms with van der Waals surface area (Å²) in [6.45, 7) is 0. The summed E-state index contributed by atoms with van der Waals surface area (Å²) in [4.78, 5) is 11.5. The fourth-order valence-corrected chi connectivity index (χ4v) is 1.99. The van der Waals surface area contributed by atoms with Crippen LogP contribution in [0.3, 0.4) is 0 Å². The highest BCUT2D eigenvalue weighted by Gasteiger charge is 2.03. The molecule has 0 aliphatic heterocycles. The maximum absolute atomic E-state index is 10.6. The molecule has 3 heteroatoms. The van der Waals surface area contributed by atoms with Crippen molar-refractivity contribution in [1.29, 1.82) is 0 Å². The molecule has 0 saturated heterocycles. The lowest BCUT2D eigenvalue weighted by atomic mass is 10.1. The van der Waals surface area contributed by atoms with Crippen LogP contribution < -0.4 is 0 Å². The Kier molecular flexibility index (Phi) is 2.50. The van der Waals surface area contributed by atoms with Gasteiger partial charge in [-0.25, -0.2) is 0 Å². The van der Waals surface area contributed by atoms with Gasteiger partial charge in [0.1, 0.15) is 5.69 Å². The van der Waals surface area contributed by atoms with Gasteiger partial charge in [0.2, 0.25) is 0 Å². The number of hydrogen-bond acceptors (Lipinski definition) is 3. The number of nitrogens with zero attached hydrogens (tertiary/aromatic N) is 1. The van der Waals surface area contributed by atoms with Crippen LogP contribution in [0.1, 0.15) is 0 Å². The van der Waals surface area contributed by atoms with Crippen molar-refractivity contribution < 1.29 is 0 Å². The Bertz CT molecular complexity index is 482. The molecule has 0 spiro atoms. The van der Waals surface area contributed by atoms with E-state index in [1.54, 1.807) is 11.8 Å². The lowest BCUT2D eigenvalue weighted by Gasteiger charge is -2.02. The van der Waals surface area contributed by atoms with Crippen LogP contribution in [0.25, 0.3) is 10.8 Å². The van der Waals surface area contributed by atoms with Crippen molar-refractivity contribution in [3.05, 3.63) is 41.3 Å². The molecule has 0 fully saturated rings. The quantitative estimate of drug-likeness (QED) is 0.546. The van der Waals surface area contributed by atoms with Gasteiger partial charge in [-0.3, -0.25) is 0 Å². The summed E-state index contributed by atoms with van der Waals surface area (Å²) in [6.07, 6.45) is 1.94. The van der Waals surface area contributed by atoms with E-state index in [1.807, 2.05) is 42.7 Å². The third kappa shape index (κ3) is 1.51. The average molecular weight is 203 g/mol. The van der Waals surface area contributed by atoms with Gasteiger partial charge in [-0.05, 0) is 34.3 Å². The van der Waals surface area contributed by atoms with E-state index in [2.05, 4.69) is 5.18 Å². The van der Waals surface area contributed by atoms with Crippen LogP contribution in [0.4, 0.5) is 5.69 Å². The smallest absolute Gasteiger partial charge is 0.122 e. The van der Waals surface area contributed by atoms with Crippen molar-refractivity contribution in [3.63, 3.8) is 0 Å². The SMILES string of the molecule is CSc1cc2ccccc2cc1N=O. The highest BCUT2D eigenvalue weighted by atomic mass is 32.2. The third-order valence-electron chi connectivity index (χ3n) is 2.15. The molecule has 0 aliphatic rings. The summed E-state index contributed by atoms with van der Waals surface area (Å²) in [7, 11) is 0. The molecule has 0 amide bonds. The van der Waals surface area contributed by atoms with Crippen molar-refractivity contribution in [2.75, 3.05) is 6.26 Å². The number of fused-ring (bicyclic) bond motifs is 1. The maximum Gasteiger partial charge on any atom is 0.122 e. The van der Waals surface area contributed by atoms with Crippen LogP contribution in [-0.4, -0.2) is 6.26 Å². The first kappa shape index (κ1) is 9.21. The molecule has 2 aromatic rings. The summed E-state index contributed by atoms with van der Waals surface area (Å²) in [5.74, 6) is 0. The third-order valence-corrected chi connectivity index (χ3v) is 2.91. The van der Waals surface area contributed by atoms with E-state index in [9.17, 15) is 4.91 Å². The molecule has 0 unspecified atom stereocenters. The minimum absolute atomic E-state index is 0.524. The molecule has 0 atom stereocenters. The van der Waals surface area contributed by atoms with E-state index in [4.69, 9.17) is 0 Å². The Labute approximate surface area is 86.3 Å². The molecule has 0 heterocycles. The summed E-state index contributed by atoms with van der Waals surface area (Å²) >= 11 is 1.54. The molecule has 0 aromatic heterocycles. The van der Waals surface area contributed by atoms with E-state index < -0.39 is 0 Å². The molecular formula is C11H9NOS. The second-order valence-corrected chi connectivity index (χ2v) is 3.81.